The zero-order valence-electron chi connectivity index (χ0n) is 24.8. The third kappa shape index (κ3) is 5.92. The molecule has 2 saturated carbocycles. The Labute approximate surface area is 250 Å². The number of fused-ring (bicyclic) bond motifs is 3. The van der Waals surface area contributed by atoms with Crippen molar-refractivity contribution in [1.29, 1.82) is 0 Å². The topological polar surface area (TPSA) is 114 Å². The van der Waals surface area contributed by atoms with Crippen molar-refractivity contribution < 1.29 is 33.0 Å². The minimum absolute atomic E-state index is 0.0681. The van der Waals surface area contributed by atoms with Crippen LogP contribution < -0.4 is 15.0 Å². The number of aromatic nitrogens is 2. The quantitative estimate of drug-likeness (QED) is 0.390. The molecule has 4 unspecified atom stereocenters. The Balaban J connectivity index is 1.20. The summed E-state index contributed by atoms with van der Waals surface area (Å²) in [7, 11) is 0. The molecule has 2 aromatic rings. The predicted octanol–water partition coefficient (Wildman–Crippen LogP) is 5.49. The number of benzene rings is 1. The third-order valence-corrected chi connectivity index (χ3v) is 9.83. The number of anilines is 2. The highest BCUT2D eigenvalue weighted by Gasteiger charge is 2.56. The molecule has 2 aliphatic carbocycles. The molecular formula is C32H40F2N4O5. The fourth-order valence-corrected chi connectivity index (χ4v) is 7.73. The molecule has 1 saturated heterocycles. The lowest BCUT2D eigenvalue weighted by atomic mass is 9.78. The van der Waals surface area contributed by atoms with Crippen LogP contribution in [0.2, 0.25) is 0 Å². The van der Waals surface area contributed by atoms with E-state index in [4.69, 9.17) is 9.47 Å². The lowest BCUT2D eigenvalue weighted by molar-refractivity contribution is -0.146. The summed E-state index contributed by atoms with van der Waals surface area (Å²) in [6.07, 6.45) is 7.44. The van der Waals surface area contributed by atoms with E-state index in [1.54, 1.807) is 4.90 Å². The van der Waals surface area contributed by atoms with E-state index >= 15 is 0 Å². The van der Waals surface area contributed by atoms with Crippen molar-refractivity contribution in [2.75, 3.05) is 31.3 Å². The van der Waals surface area contributed by atoms with Gasteiger partial charge in [0.25, 0.3) is 11.8 Å². The standard InChI is InChI=1S/C32H40F2N4O5/c1-19-13-21-15-23(14-19)32(17-21,29(40)41)37-28(39)25-18-35-30(36-27(25)31(2,33)34)38-9-5-22-16-24(3-4-26(22)38)43-12-8-20-6-10-42-11-7-20/h3-4,16,18-21,23H,5-15,17H2,1-2H3,(H,37,39)(H,40,41). The van der Waals surface area contributed by atoms with Gasteiger partial charge in [0.2, 0.25) is 5.95 Å². The second-order valence-electron chi connectivity index (χ2n) is 13.0. The van der Waals surface area contributed by atoms with E-state index in [-0.39, 0.29) is 17.8 Å². The lowest BCUT2D eigenvalue weighted by Crippen LogP contribution is -2.57. The SMILES string of the molecule is CC1CC2CC(C1)C(NC(=O)c1cnc(N3CCc4cc(OCCC5CCOCC5)ccc43)nc1C(C)(F)F)(C(=O)O)C2. The summed E-state index contributed by atoms with van der Waals surface area (Å²) in [6.45, 7) is 5.50. The molecule has 2 N–H and O–H groups in total. The number of nitrogens with one attached hydrogen (secondary N) is 1. The van der Waals surface area contributed by atoms with Crippen molar-refractivity contribution in [3.63, 3.8) is 0 Å². The Bertz CT molecular complexity index is 1380. The van der Waals surface area contributed by atoms with Crippen LogP contribution in [0.3, 0.4) is 0 Å². The van der Waals surface area contributed by atoms with Gasteiger partial charge < -0.3 is 24.8 Å². The van der Waals surface area contributed by atoms with E-state index in [0.717, 1.165) is 62.1 Å². The largest absolute Gasteiger partial charge is 0.494 e. The molecule has 2 aliphatic heterocycles. The number of hydrogen-bond donors (Lipinski definition) is 2. The average molecular weight is 599 g/mol. The number of carboxylic acid groups (broad SMARTS) is 1. The van der Waals surface area contributed by atoms with Crippen LogP contribution in [0.4, 0.5) is 20.4 Å². The van der Waals surface area contributed by atoms with Crippen LogP contribution >= 0.6 is 0 Å². The van der Waals surface area contributed by atoms with Gasteiger partial charge in [-0.25, -0.2) is 14.8 Å². The molecule has 43 heavy (non-hydrogen) atoms. The molecule has 0 radical (unpaired) electrons. The van der Waals surface area contributed by atoms with E-state index in [1.165, 1.54) is 0 Å². The number of rotatable bonds is 9. The van der Waals surface area contributed by atoms with Crippen molar-refractivity contribution in [3.8, 4) is 5.75 Å². The molecule has 232 valence electrons. The van der Waals surface area contributed by atoms with Gasteiger partial charge in [0.05, 0.1) is 12.2 Å². The monoisotopic (exact) mass is 598 g/mol. The van der Waals surface area contributed by atoms with Crippen LogP contribution in [0.5, 0.6) is 5.75 Å². The highest BCUT2D eigenvalue weighted by Crippen LogP contribution is 2.50. The normalized spacial score (nSPS) is 27.2. The Hall–Kier alpha value is -3.34. The van der Waals surface area contributed by atoms with Crippen LogP contribution in [0, 0.1) is 23.7 Å². The maximum atomic E-state index is 14.9. The number of halogens is 2. The molecule has 6 rings (SSSR count). The summed E-state index contributed by atoms with van der Waals surface area (Å²) in [4.78, 5) is 36.3. The number of nitrogens with zero attached hydrogens (tertiary/aromatic N) is 3. The summed E-state index contributed by atoms with van der Waals surface area (Å²) >= 11 is 0. The number of amides is 1. The molecule has 0 spiro atoms. The van der Waals surface area contributed by atoms with Crippen LogP contribution in [0.1, 0.15) is 80.4 Å². The van der Waals surface area contributed by atoms with Crippen LogP contribution in [-0.2, 0) is 21.9 Å². The molecule has 11 heteroatoms. The molecule has 3 fully saturated rings. The zero-order chi connectivity index (χ0) is 30.4. The first-order valence-corrected chi connectivity index (χ1v) is 15.5. The number of carboxylic acids is 1. The van der Waals surface area contributed by atoms with E-state index in [2.05, 4.69) is 22.2 Å². The molecule has 3 heterocycles. The van der Waals surface area contributed by atoms with E-state index in [1.807, 2.05) is 18.2 Å². The Morgan fingerprint density at radius 2 is 2.02 bits per heavy atom. The third-order valence-electron chi connectivity index (χ3n) is 9.83. The highest BCUT2D eigenvalue weighted by molar-refractivity contribution is 5.99. The van der Waals surface area contributed by atoms with E-state index in [9.17, 15) is 23.5 Å². The number of hydrogen-bond acceptors (Lipinski definition) is 7. The van der Waals surface area contributed by atoms with Crippen molar-refractivity contribution in [2.24, 2.45) is 23.7 Å². The summed E-state index contributed by atoms with van der Waals surface area (Å²) in [5, 5.41) is 12.9. The average Bonchev–Trinajstić information content (AvgIpc) is 3.50. The van der Waals surface area contributed by atoms with E-state index in [0.29, 0.717) is 57.6 Å². The Morgan fingerprint density at radius 3 is 2.77 bits per heavy atom. The molecule has 4 atom stereocenters. The number of carbonyl (C=O) groups excluding carboxylic acids is 1. The fourth-order valence-electron chi connectivity index (χ4n) is 7.73. The van der Waals surface area contributed by atoms with Gasteiger partial charge in [0.15, 0.2) is 0 Å². The van der Waals surface area contributed by atoms with Gasteiger partial charge in [-0.2, -0.15) is 8.78 Å². The van der Waals surface area contributed by atoms with Gasteiger partial charge in [-0.1, -0.05) is 6.92 Å². The van der Waals surface area contributed by atoms with Gasteiger partial charge >= 0.3 is 5.97 Å². The van der Waals surface area contributed by atoms with Gasteiger partial charge in [0, 0.05) is 38.6 Å². The summed E-state index contributed by atoms with van der Waals surface area (Å²) in [5.74, 6) is -3.72. The van der Waals surface area contributed by atoms with Crippen molar-refractivity contribution >= 4 is 23.5 Å². The maximum Gasteiger partial charge on any atom is 0.329 e. The fraction of sp³-hybridized carbons (Fsp3) is 0.625. The number of ether oxygens (including phenoxy) is 2. The number of aliphatic carboxylic acids is 1. The van der Waals surface area contributed by atoms with Gasteiger partial charge in [-0.15, -0.1) is 0 Å². The van der Waals surface area contributed by atoms with Crippen LogP contribution in [0.25, 0.3) is 0 Å². The first-order valence-electron chi connectivity index (χ1n) is 15.5. The first-order chi connectivity index (χ1) is 20.5. The predicted molar refractivity (Wildman–Crippen MR) is 155 cm³/mol. The summed E-state index contributed by atoms with van der Waals surface area (Å²) < 4.78 is 41.3. The summed E-state index contributed by atoms with van der Waals surface area (Å²) in [6, 6.07) is 5.72. The number of carbonyl (C=O) groups is 2. The molecule has 9 nitrogen and oxygen atoms in total. The molecule has 4 aliphatic rings. The minimum Gasteiger partial charge on any atom is -0.494 e. The molecule has 1 aromatic carbocycles. The first kappa shape index (κ1) is 29.7. The zero-order valence-corrected chi connectivity index (χ0v) is 24.8. The van der Waals surface area contributed by atoms with Crippen molar-refractivity contribution in [1.82, 2.24) is 15.3 Å². The second kappa shape index (κ2) is 11.6. The Morgan fingerprint density at radius 1 is 1.23 bits per heavy atom. The van der Waals surface area contributed by atoms with E-state index < -0.39 is 34.6 Å². The summed E-state index contributed by atoms with van der Waals surface area (Å²) in [5.41, 5.74) is -0.796. The second-order valence-corrected chi connectivity index (χ2v) is 13.0. The molecular weight excluding hydrogens is 558 g/mol. The molecule has 1 aromatic heterocycles. The van der Waals surface area contributed by atoms with Crippen molar-refractivity contribution in [2.45, 2.75) is 76.7 Å². The van der Waals surface area contributed by atoms with Crippen LogP contribution in [-0.4, -0.2) is 58.9 Å². The van der Waals surface area contributed by atoms with Gasteiger partial charge in [-0.3, -0.25) is 4.79 Å². The molecule has 2 bridgehead atoms. The number of alkyl halides is 2. The van der Waals surface area contributed by atoms with Crippen LogP contribution in [0.15, 0.2) is 24.4 Å². The minimum atomic E-state index is -3.45. The van der Waals surface area contributed by atoms with Crippen molar-refractivity contribution in [3.05, 3.63) is 41.2 Å². The smallest absolute Gasteiger partial charge is 0.329 e. The maximum absolute atomic E-state index is 14.9. The van der Waals surface area contributed by atoms with Gasteiger partial charge in [0.1, 0.15) is 17.0 Å². The molecule has 1 amide bonds. The highest BCUT2D eigenvalue weighted by atomic mass is 19.3. The Kier molecular flexibility index (Phi) is 8.04. The van der Waals surface area contributed by atoms with Gasteiger partial charge in [-0.05, 0) is 98.8 Å². The lowest BCUT2D eigenvalue weighted by Gasteiger charge is -2.33.